The smallest absolute Gasteiger partial charge is 0.305 e. The summed E-state index contributed by atoms with van der Waals surface area (Å²) in [5, 5.41) is 12.1. The van der Waals surface area contributed by atoms with E-state index in [1.807, 2.05) is 0 Å². The van der Waals surface area contributed by atoms with Crippen LogP contribution in [-0.4, -0.2) is 47.0 Å². The van der Waals surface area contributed by atoms with Crippen LogP contribution in [-0.2, 0) is 4.79 Å². The van der Waals surface area contributed by atoms with Crippen LogP contribution < -0.4 is 5.32 Å². The zero-order valence-corrected chi connectivity index (χ0v) is 11.7. The van der Waals surface area contributed by atoms with Crippen LogP contribution in [0.1, 0.15) is 29.6 Å². The van der Waals surface area contributed by atoms with E-state index in [2.05, 4.69) is 10.3 Å². The lowest BCUT2D eigenvalue weighted by Crippen LogP contribution is -2.26. The van der Waals surface area contributed by atoms with Crippen molar-refractivity contribution in [3.63, 3.8) is 0 Å². The number of rotatable bonds is 6. The molecular weight excluding hydrogens is 258 g/mol. The van der Waals surface area contributed by atoms with Crippen molar-refractivity contribution < 1.29 is 14.7 Å². The average Bonchev–Trinajstić information content (AvgIpc) is 3.21. The van der Waals surface area contributed by atoms with Crippen molar-refractivity contribution in [2.24, 2.45) is 5.92 Å². The van der Waals surface area contributed by atoms with E-state index < -0.39 is 5.97 Å². The van der Waals surface area contributed by atoms with E-state index >= 15 is 0 Å². The molecule has 1 amide bonds. The summed E-state index contributed by atoms with van der Waals surface area (Å²) in [4.78, 5) is 28.2. The maximum atomic E-state index is 11.7. The largest absolute Gasteiger partial charge is 0.481 e. The highest BCUT2D eigenvalue weighted by Gasteiger charge is 2.32. The molecule has 2 N–H and O–H groups in total. The SMILES string of the molecule is CN(C)C(=O)c1ccc(NC(CC(=O)O)C2CC2)nc1. The van der Waals surface area contributed by atoms with Gasteiger partial charge in [0.05, 0.1) is 12.0 Å². The standard InChI is InChI=1S/C14H19N3O3/c1-17(2)14(20)10-5-6-12(15-8-10)16-11(7-13(18)19)9-3-4-9/h5-6,8-9,11H,3-4,7H2,1-2H3,(H,15,16)(H,18,19). The molecule has 6 heteroatoms. The average molecular weight is 277 g/mol. The molecule has 0 spiro atoms. The molecule has 1 aliphatic carbocycles. The van der Waals surface area contributed by atoms with E-state index in [0.717, 1.165) is 12.8 Å². The first-order chi connectivity index (χ1) is 9.47. The fourth-order valence-corrected chi connectivity index (χ4v) is 2.08. The van der Waals surface area contributed by atoms with Gasteiger partial charge in [0.1, 0.15) is 5.82 Å². The molecule has 1 aliphatic rings. The molecule has 1 saturated carbocycles. The molecule has 0 saturated heterocycles. The van der Waals surface area contributed by atoms with Gasteiger partial charge >= 0.3 is 5.97 Å². The zero-order valence-electron chi connectivity index (χ0n) is 11.7. The molecule has 108 valence electrons. The summed E-state index contributed by atoms with van der Waals surface area (Å²) in [6.45, 7) is 0. The normalized spacial score (nSPS) is 15.5. The van der Waals surface area contributed by atoms with Crippen molar-refractivity contribution in [3.8, 4) is 0 Å². The van der Waals surface area contributed by atoms with Gasteiger partial charge in [-0.15, -0.1) is 0 Å². The van der Waals surface area contributed by atoms with Crippen LogP contribution >= 0.6 is 0 Å². The number of hydrogen-bond acceptors (Lipinski definition) is 4. The van der Waals surface area contributed by atoms with Crippen LogP contribution in [0.5, 0.6) is 0 Å². The number of carbonyl (C=O) groups excluding carboxylic acids is 1. The van der Waals surface area contributed by atoms with Crippen LogP contribution in [0.15, 0.2) is 18.3 Å². The number of carbonyl (C=O) groups is 2. The maximum Gasteiger partial charge on any atom is 0.305 e. The lowest BCUT2D eigenvalue weighted by atomic mass is 10.1. The molecule has 0 aliphatic heterocycles. The van der Waals surface area contributed by atoms with Gasteiger partial charge in [-0.25, -0.2) is 4.98 Å². The van der Waals surface area contributed by atoms with Gasteiger partial charge in [0, 0.05) is 26.3 Å². The molecule has 20 heavy (non-hydrogen) atoms. The molecule has 2 rings (SSSR count). The quantitative estimate of drug-likeness (QED) is 0.822. The van der Waals surface area contributed by atoms with E-state index in [9.17, 15) is 9.59 Å². The first kappa shape index (κ1) is 14.3. The Hall–Kier alpha value is -2.11. The van der Waals surface area contributed by atoms with Gasteiger partial charge in [0.25, 0.3) is 5.91 Å². The molecule has 1 aromatic heterocycles. The third-order valence-corrected chi connectivity index (χ3v) is 3.34. The van der Waals surface area contributed by atoms with Crippen molar-refractivity contribution in [1.82, 2.24) is 9.88 Å². The first-order valence-electron chi connectivity index (χ1n) is 6.63. The fourth-order valence-electron chi connectivity index (χ4n) is 2.08. The second kappa shape index (κ2) is 5.90. The van der Waals surface area contributed by atoms with Gasteiger partial charge in [0.2, 0.25) is 0 Å². The Morgan fingerprint density at radius 2 is 2.15 bits per heavy atom. The third-order valence-electron chi connectivity index (χ3n) is 3.34. The van der Waals surface area contributed by atoms with Crippen LogP contribution in [0.25, 0.3) is 0 Å². The predicted molar refractivity (Wildman–Crippen MR) is 74.6 cm³/mol. The van der Waals surface area contributed by atoms with Crippen molar-refractivity contribution in [3.05, 3.63) is 23.9 Å². The maximum absolute atomic E-state index is 11.7. The number of hydrogen-bond donors (Lipinski definition) is 2. The van der Waals surface area contributed by atoms with Crippen LogP contribution in [0.2, 0.25) is 0 Å². The van der Waals surface area contributed by atoms with Gasteiger partial charge in [-0.05, 0) is 30.9 Å². The highest BCUT2D eigenvalue weighted by molar-refractivity contribution is 5.93. The minimum atomic E-state index is -0.811. The van der Waals surface area contributed by atoms with Gasteiger partial charge in [-0.2, -0.15) is 0 Å². The second-order valence-electron chi connectivity index (χ2n) is 5.32. The zero-order chi connectivity index (χ0) is 14.7. The Morgan fingerprint density at radius 3 is 2.60 bits per heavy atom. The summed E-state index contributed by atoms with van der Waals surface area (Å²) in [6, 6.07) is 3.33. The molecule has 1 atom stereocenters. The molecule has 0 bridgehead atoms. The van der Waals surface area contributed by atoms with Gasteiger partial charge in [-0.3, -0.25) is 9.59 Å². The fraction of sp³-hybridized carbons (Fsp3) is 0.500. The number of pyridine rings is 1. The number of nitrogens with zero attached hydrogens (tertiary/aromatic N) is 2. The van der Waals surface area contributed by atoms with Gasteiger partial charge in [-0.1, -0.05) is 0 Å². The number of nitrogens with one attached hydrogen (secondary N) is 1. The number of aromatic nitrogens is 1. The summed E-state index contributed by atoms with van der Waals surface area (Å²) in [6.07, 6.45) is 3.71. The summed E-state index contributed by atoms with van der Waals surface area (Å²) in [5.74, 6) is 0.108. The molecule has 0 aromatic carbocycles. The Morgan fingerprint density at radius 1 is 1.45 bits per heavy atom. The van der Waals surface area contributed by atoms with Gasteiger partial charge < -0.3 is 15.3 Å². The highest BCUT2D eigenvalue weighted by atomic mass is 16.4. The van der Waals surface area contributed by atoms with E-state index in [0.29, 0.717) is 17.3 Å². The van der Waals surface area contributed by atoms with E-state index in [1.165, 1.54) is 11.1 Å². The Labute approximate surface area is 117 Å². The molecule has 1 aromatic rings. The van der Waals surface area contributed by atoms with Crippen molar-refractivity contribution in [2.75, 3.05) is 19.4 Å². The summed E-state index contributed by atoms with van der Waals surface area (Å²) in [5.41, 5.74) is 0.516. The van der Waals surface area contributed by atoms with E-state index in [1.54, 1.807) is 26.2 Å². The summed E-state index contributed by atoms with van der Waals surface area (Å²) in [7, 11) is 3.37. The molecule has 0 radical (unpaired) electrons. The molecular formula is C14H19N3O3. The highest BCUT2D eigenvalue weighted by Crippen LogP contribution is 2.35. The Balaban J connectivity index is 2.02. The molecule has 1 heterocycles. The lowest BCUT2D eigenvalue weighted by Gasteiger charge is -2.17. The second-order valence-corrected chi connectivity index (χ2v) is 5.32. The van der Waals surface area contributed by atoms with E-state index in [4.69, 9.17) is 5.11 Å². The third kappa shape index (κ3) is 3.69. The molecule has 1 unspecified atom stereocenters. The first-order valence-corrected chi connectivity index (χ1v) is 6.63. The molecule has 6 nitrogen and oxygen atoms in total. The topological polar surface area (TPSA) is 82.5 Å². The monoisotopic (exact) mass is 277 g/mol. The van der Waals surface area contributed by atoms with Crippen molar-refractivity contribution in [1.29, 1.82) is 0 Å². The Bertz CT molecular complexity index is 495. The van der Waals surface area contributed by atoms with Crippen molar-refractivity contribution in [2.45, 2.75) is 25.3 Å². The summed E-state index contributed by atoms with van der Waals surface area (Å²) >= 11 is 0. The van der Waals surface area contributed by atoms with Crippen LogP contribution in [0, 0.1) is 5.92 Å². The minimum absolute atomic E-state index is 0.0876. The number of amides is 1. The van der Waals surface area contributed by atoms with Gasteiger partial charge in [0.15, 0.2) is 0 Å². The van der Waals surface area contributed by atoms with E-state index in [-0.39, 0.29) is 18.4 Å². The number of aliphatic carboxylic acids is 1. The predicted octanol–water partition coefficient (Wildman–Crippen LogP) is 1.45. The number of carboxylic acid groups (broad SMARTS) is 1. The van der Waals surface area contributed by atoms with Crippen LogP contribution in [0.3, 0.4) is 0 Å². The lowest BCUT2D eigenvalue weighted by molar-refractivity contribution is -0.137. The Kier molecular flexibility index (Phi) is 4.22. The number of anilines is 1. The van der Waals surface area contributed by atoms with Crippen molar-refractivity contribution >= 4 is 17.7 Å². The summed E-state index contributed by atoms with van der Waals surface area (Å²) < 4.78 is 0. The number of carboxylic acids is 1. The minimum Gasteiger partial charge on any atom is -0.481 e. The molecule has 1 fully saturated rings. The van der Waals surface area contributed by atoms with Crippen LogP contribution in [0.4, 0.5) is 5.82 Å².